The summed E-state index contributed by atoms with van der Waals surface area (Å²) in [5, 5.41) is 3.03. The van der Waals surface area contributed by atoms with Crippen molar-refractivity contribution in [3.05, 3.63) is 59.4 Å². The van der Waals surface area contributed by atoms with Gasteiger partial charge in [-0.25, -0.2) is 4.98 Å². The number of nitrogens with one attached hydrogen (secondary N) is 1. The molecule has 2 aromatic carbocycles. The number of hydrogen-bond donors (Lipinski definition) is 1. The number of aryl methyl sites for hydroxylation is 1. The van der Waals surface area contributed by atoms with Crippen molar-refractivity contribution in [3.63, 3.8) is 0 Å². The molecular weight excluding hydrogens is 360 g/mol. The van der Waals surface area contributed by atoms with Gasteiger partial charge in [0.1, 0.15) is 5.82 Å². The van der Waals surface area contributed by atoms with E-state index in [0.717, 1.165) is 53.8 Å². The number of anilines is 1. The van der Waals surface area contributed by atoms with E-state index in [4.69, 9.17) is 4.98 Å². The van der Waals surface area contributed by atoms with E-state index in [1.165, 1.54) is 32.1 Å². The Balaban J connectivity index is 1.37. The van der Waals surface area contributed by atoms with Crippen LogP contribution in [0.5, 0.6) is 0 Å². The molecule has 1 aliphatic heterocycles. The van der Waals surface area contributed by atoms with Crippen LogP contribution in [-0.2, 0) is 13.1 Å². The molecule has 5 rings (SSSR count). The first kappa shape index (κ1) is 18.4. The zero-order valence-electron chi connectivity index (χ0n) is 17.0. The van der Waals surface area contributed by atoms with Crippen LogP contribution in [-0.4, -0.2) is 32.9 Å². The van der Waals surface area contributed by atoms with E-state index in [0.29, 0.717) is 5.56 Å². The van der Waals surface area contributed by atoms with Crippen LogP contribution in [0.15, 0.2) is 42.5 Å². The van der Waals surface area contributed by atoms with E-state index in [9.17, 15) is 4.79 Å². The van der Waals surface area contributed by atoms with Crippen LogP contribution in [0.3, 0.4) is 0 Å². The van der Waals surface area contributed by atoms with Gasteiger partial charge in [0.05, 0.1) is 17.6 Å². The first-order valence-corrected chi connectivity index (χ1v) is 10.8. The van der Waals surface area contributed by atoms with Gasteiger partial charge in [-0.3, -0.25) is 9.69 Å². The number of rotatable bonds is 3. The van der Waals surface area contributed by atoms with Gasteiger partial charge < -0.3 is 9.88 Å². The molecule has 3 aromatic rings. The minimum Gasteiger partial charge on any atom is -0.326 e. The van der Waals surface area contributed by atoms with E-state index in [1.807, 2.05) is 43.3 Å². The summed E-state index contributed by atoms with van der Waals surface area (Å²) in [7, 11) is 0. The van der Waals surface area contributed by atoms with E-state index in [2.05, 4.69) is 20.9 Å². The molecule has 150 valence electrons. The fourth-order valence-electron chi connectivity index (χ4n) is 4.90. The summed E-state index contributed by atoms with van der Waals surface area (Å²) in [4.78, 5) is 20.2. The van der Waals surface area contributed by atoms with Crippen molar-refractivity contribution in [2.45, 2.75) is 58.2 Å². The van der Waals surface area contributed by atoms with Gasteiger partial charge in [-0.15, -0.1) is 0 Å². The third kappa shape index (κ3) is 3.55. The molecule has 1 aliphatic carbocycles. The molecule has 0 saturated heterocycles. The minimum absolute atomic E-state index is 0.0742. The van der Waals surface area contributed by atoms with Crippen molar-refractivity contribution in [2.24, 2.45) is 0 Å². The highest BCUT2D eigenvalue weighted by molar-refractivity contribution is 6.05. The summed E-state index contributed by atoms with van der Waals surface area (Å²) in [6.45, 7) is 5.00. The normalized spacial score (nSPS) is 18.0. The van der Waals surface area contributed by atoms with E-state index < -0.39 is 0 Å². The van der Waals surface area contributed by atoms with Gasteiger partial charge in [0.2, 0.25) is 0 Å². The third-order valence-corrected chi connectivity index (χ3v) is 6.52. The lowest BCUT2D eigenvalue weighted by Gasteiger charge is -2.36. The molecule has 5 heteroatoms. The summed E-state index contributed by atoms with van der Waals surface area (Å²) in [6, 6.07) is 14.5. The summed E-state index contributed by atoms with van der Waals surface area (Å²) in [5.74, 6) is 1.08. The number of carbonyl (C=O) groups excluding carboxylic acids is 1. The predicted molar refractivity (Wildman–Crippen MR) is 116 cm³/mol. The van der Waals surface area contributed by atoms with Crippen LogP contribution in [0.4, 0.5) is 5.69 Å². The number of fused-ring (bicyclic) bond motifs is 3. The van der Waals surface area contributed by atoms with Crippen LogP contribution < -0.4 is 5.32 Å². The van der Waals surface area contributed by atoms with Crippen molar-refractivity contribution in [1.82, 2.24) is 14.5 Å². The number of amides is 1. The minimum atomic E-state index is -0.0742. The fraction of sp³-hybridized carbons (Fsp3) is 0.417. The number of carbonyl (C=O) groups is 1. The zero-order valence-corrected chi connectivity index (χ0v) is 17.0. The van der Waals surface area contributed by atoms with Crippen molar-refractivity contribution in [2.75, 3.05) is 11.9 Å². The van der Waals surface area contributed by atoms with Gasteiger partial charge in [0, 0.05) is 30.4 Å². The van der Waals surface area contributed by atoms with Crippen molar-refractivity contribution >= 4 is 22.6 Å². The van der Waals surface area contributed by atoms with Gasteiger partial charge in [0.25, 0.3) is 5.91 Å². The number of nitrogens with zero attached hydrogens (tertiary/aromatic N) is 3. The van der Waals surface area contributed by atoms with Crippen LogP contribution in [0, 0.1) is 6.92 Å². The van der Waals surface area contributed by atoms with Crippen LogP contribution in [0.2, 0.25) is 0 Å². The molecule has 0 atom stereocenters. The van der Waals surface area contributed by atoms with E-state index in [-0.39, 0.29) is 5.91 Å². The highest BCUT2D eigenvalue weighted by Crippen LogP contribution is 2.28. The second-order valence-electron chi connectivity index (χ2n) is 8.41. The smallest absolute Gasteiger partial charge is 0.255 e. The standard InChI is InChI=1S/C24H28N4O/c1-17-7-5-6-10-20(17)24(29)25-18-11-12-22-21(15-18)26-23-16-27(13-14-28(22)23)19-8-3-2-4-9-19/h5-7,10-12,15,19H,2-4,8-9,13-14,16H2,1H3,(H,25,29). The summed E-state index contributed by atoms with van der Waals surface area (Å²) in [5.41, 5.74) is 4.61. The Hall–Kier alpha value is -2.66. The molecule has 29 heavy (non-hydrogen) atoms. The van der Waals surface area contributed by atoms with E-state index >= 15 is 0 Å². The zero-order chi connectivity index (χ0) is 19.8. The molecule has 1 fully saturated rings. The average molecular weight is 389 g/mol. The molecule has 0 radical (unpaired) electrons. The second-order valence-corrected chi connectivity index (χ2v) is 8.41. The monoisotopic (exact) mass is 388 g/mol. The molecule has 2 heterocycles. The molecule has 1 saturated carbocycles. The maximum atomic E-state index is 12.6. The Labute approximate surface area is 171 Å². The summed E-state index contributed by atoms with van der Waals surface area (Å²) in [6.07, 6.45) is 6.77. The number of imidazole rings is 1. The van der Waals surface area contributed by atoms with Gasteiger partial charge in [-0.05, 0) is 49.6 Å². The first-order chi connectivity index (χ1) is 14.2. The van der Waals surface area contributed by atoms with Crippen molar-refractivity contribution < 1.29 is 4.79 Å². The summed E-state index contributed by atoms with van der Waals surface area (Å²) >= 11 is 0. The Morgan fingerprint density at radius 3 is 2.72 bits per heavy atom. The van der Waals surface area contributed by atoms with Crippen molar-refractivity contribution in [3.8, 4) is 0 Å². The molecule has 0 spiro atoms. The number of benzene rings is 2. The van der Waals surface area contributed by atoms with Gasteiger partial charge >= 0.3 is 0 Å². The molecule has 0 unspecified atom stereocenters. The van der Waals surface area contributed by atoms with Crippen molar-refractivity contribution in [1.29, 1.82) is 0 Å². The topological polar surface area (TPSA) is 50.2 Å². The fourth-order valence-corrected chi connectivity index (χ4v) is 4.90. The van der Waals surface area contributed by atoms with Crippen LogP contribution in [0.1, 0.15) is 53.8 Å². The first-order valence-electron chi connectivity index (χ1n) is 10.8. The highest BCUT2D eigenvalue weighted by atomic mass is 16.1. The molecule has 5 nitrogen and oxygen atoms in total. The SMILES string of the molecule is Cc1ccccc1C(=O)Nc1ccc2c(c1)nc1n2CCN(C2CCCCC2)C1. The second kappa shape index (κ2) is 7.64. The predicted octanol–water partition coefficient (Wildman–Crippen LogP) is 4.75. The molecule has 1 N–H and O–H groups in total. The maximum absolute atomic E-state index is 12.6. The highest BCUT2D eigenvalue weighted by Gasteiger charge is 2.26. The Morgan fingerprint density at radius 2 is 1.90 bits per heavy atom. The maximum Gasteiger partial charge on any atom is 0.255 e. The lowest BCUT2D eigenvalue weighted by Crippen LogP contribution is -2.42. The number of hydrogen-bond acceptors (Lipinski definition) is 3. The summed E-state index contributed by atoms with van der Waals surface area (Å²) < 4.78 is 2.35. The Kier molecular flexibility index (Phi) is 4.84. The Bertz CT molecular complexity index is 1050. The molecule has 0 bridgehead atoms. The molecule has 1 amide bonds. The Morgan fingerprint density at radius 1 is 1.07 bits per heavy atom. The molecular formula is C24H28N4O. The van der Waals surface area contributed by atoms with E-state index in [1.54, 1.807) is 0 Å². The van der Waals surface area contributed by atoms with Gasteiger partial charge in [-0.2, -0.15) is 0 Å². The molecule has 2 aliphatic rings. The van der Waals surface area contributed by atoms with Gasteiger partial charge in [0.15, 0.2) is 0 Å². The molecule has 1 aromatic heterocycles. The largest absolute Gasteiger partial charge is 0.326 e. The lowest BCUT2D eigenvalue weighted by molar-refractivity contribution is 0.102. The van der Waals surface area contributed by atoms with Crippen LogP contribution >= 0.6 is 0 Å². The van der Waals surface area contributed by atoms with Gasteiger partial charge in [-0.1, -0.05) is 37.5 Å². The lowest BCUT2D eigenvalue weighted by atomic mass is 9.94. The quantitative estimate of drug-likeness (QED) is 0.705. The van der Waals surface area contributed by atoms with Crippen LogP contribution in [0.25, 0.3) is 11.0 Å². The number of aromatic nitrogens is 2. The average Bonchev–Trinajstić information content (AvgIpc) is 3.11. The third-order valence-electron chi connectivity index (χ3n) is 6.52.